The van der Waals surface area contributed by atoms with E-state index in [1.54, 1.807) is 25.5 Å². The van der Waals surface area contributed by atoms with Crippen LogP contribution in [0.5, 0.6) is 0 Å². The van der Waals surface area contributed by atoms with Crippen LogP contribution in [-0.4, -0.2) is 54.0 Å². The minimum atomic E-state index is -0.470. The number of nitrogens with zero attached hydrogens (tertiary/aromatic N) is 2. The fraction of sp³-hybridized carbons (Fsp3) is 0.588. The number of urea groups is 1. The van der Waals surface area contributed by atoms with Crippen molar-refractivity contribution in [1.29, 1.82) is 0 Å². The number of esters is 1. The molecule has 1 aromatic rings. The molecule has 0 aliphatic rings. The number of likely N-dealkylation sites (N-methyl/N-ethyl adjacent to an activating group) is 1. The molecule has 7 nitrogen and oxygen atoms in total. The quantitative estimate of drug-likeness (QED) is 0.637. The third-order valence-electron chi connectivity index (χ3n) is 3.88. The van der Waals surface area contributed by atoms with Crippen LogP contribution in [0.3, 0.4) is 0 Å². The van der Waals surface area contributed by atoms with E-state index in [4.69, 9.17) is 4.74 Å². The van der Waals surface area contributed by atoms with Gasteiger partial charge >= 0.3 is 12.0 Å². The Morgan fingerprint density at radius 3 is 2.29 bits per heavy atom. The minimum Gasteiger partial charge on any atom is -0.464 e. The fourth-order valence-corrected chi connectivity index (χ4v) is 2.78. The molecule has 1 aromatic heterocycles. The summed E-state index contributed by atoms with van der Waals surface area (Å²) < 4.78 is 6.59. The highest BCUT2D eigenvalue weighted by Crippen LogP contribution is 2.23. The Balaban J connectivity index is 3.14. The maximum Gasteiger partial charge on any atom is 0.354 e. The molecule has 134 valence electrons. The Kier molecular flexibility index (Phi) is 6.57. The topological polar surface area (TPSA) is 80.6 Å². The third kappa shape index (κ3) is 3.96. The first-order valence-corrected chi connectivity index (χ1v) is 7.98. The molecule has 24 heavy (non-hydrogen) atoms. The van der Waals surface area contributed by atoms with Gasteiger partial charge in [0.25, 0.3) is 0 Å². The van der Waals surface area contributed by atoms with Crippen LogP contribution in [0.2, 0.25) is 0 Å². The lowest BCUT2D eigenvalue weighted by Crippen LogP contribution is -2.43. The number of hydrogen-bond donors (Lipinski definition) is 1. The lowest BCUT2D eigenvalue weighted by molar-refractivity contribution is 0.0587. The molecule has 0 aliphatic heterocycles. The van der Waals surface area contributed by atoms with Crippen LogP contribution in [-0.2, 0) is 11.3 Å². The van der Waals surface area contributed by atoms with Crippen LogP contribution in [0.25, 0.3) is 0 Å². The van der Waals surface area contributed by atoms with Gasteiger partial charge in [0.2, 0.25) is 0 Å². The smallest absolute Gasteiger partial charge is 0.354 e. The number of ketones is 1. The molecule has 1 rings (SSSR count). The van der Waals surface area contributed by atoms with Crippen molar-refractivity contribution in [3.63, 3.8) is 0 Å². The summed E-state index contributed by atoms with van der Waals surface area (Å²) in [7, 11) is 2.88. The molecule has 0 bridgehead atoms. The minimum absolute atomic E-state index is 0.00868. The summed E-state index contributed by atoms with van der Waals surface area (Å²) >= 11 is 0. The first kappa shape index (κ1) is 19.7. The summed E-state index contributed by atoms with van der Waals surface area (Å²) in [6, 6.07) is -0.317. The van der Waals surface area contributed by atoms with Gasteiger partial charge in [0.1, 0.15) is 5.69 Å². The third-order valence-corrected chi connectivity index (χ3v) is 3.88. The Morgan fingerprint density at radius 2 is 1.83 bits per heavy atom. The zero-order chi connectivity index (χ0) is 18.6. The van der Waals surface area contributed by atoms with E-state index >= 15 is 0 Å². The molecule has 0 fully saturated rings. The van der Waals surface area contributed by atoms with Gasteiger partial charge in [0.05, 0.1) is 13.7 Å². The van der Waals surface area contributed by atoms with Crippen molar-refractivity contribution in [3.05, 3.63) is 22.5 Å². The second kappa shape index (κ2) is 7.99. The number of carbonyl (C=O) groups excluding carboxylic acids is 3. The standard InChI is InChI=1S/C17H27N3O4/c1-8-20-12(5)14(11(4)15(20)16(22)24-7)13(21)9-19(6)17(23)18-10(2)3/h10H,8-9H2,1-7H3,(H,18,23). The monoisotopic (exact) mass is 337 g/mol. The van der Waals surface area contributed by atoms with Crippen molar-refractivity contribution in [2.75, 3.05) is 20.7 Å². The lowest BCUT2D eigenvalue weighted by Gasteiger charge is -2.19. The first-order valence-electron chi connectivity index (χ1n) is 7.98. The van der Waals surface area contributed by atoms with Gasteiger partial charge in [-0.15, -0.1) is 0 Å². The average Bonchev–Trinajstić information content (AvgIpc) is 2.75. The summed E-state index contributed by atoms with van der Waals surface area (Å²) in [5.74, 6) is -0.675. The van der Waals surface area contributed by atoms with Gasteiger partial charge in [-0.2, -0.15) is 0 Å². The Labute approximate surface area is 143 Å². The number of ether oxygens (including phenoxy) is 1. The maximum absolute atomic E-state index is 12.7. The summed E-state index contributed by atoms with van der Waals surface area (Å²) in [5, 5.41) is 2.74. The van der Waals surface area contributed by atoms with E-state index in [9.17, 15) is 14.4 Å². The molecule has 0 aromatic carbocycles. The number of hydrogen-bond acceptors (Lipinski definition) is 4. The number of carbonyl (C=O) groups is 3. The van der Waals surface area contributed by atoms with E-state index < -0.39 is 5.97 Å². The maximum atomic E-state index is 12.7. The van der Waals surface area contributed by atoms with Gasteiger partial charge in [-0.05, 0) is 40.2 Å². The Bertz CT molecular complexity index is 647. The average molecular weight is 337 g/mol. The second-order valence-corrected chi connectivity index (χ2v) is 6.05. The number of aromatic nitrogens is 1. The molecule has 0 saturated carbocycles. The number of nitrogens with one attached hydrogen (secondary N) is 1. The molecule has 0 radical (unpaired) electrons. The summed E-state index contributed by atoms with van der Waals surface area (Å²) in [5.41, 5.74) is 2.15. The van der Waals surface area contributed by atoms with Crippen molar-refractivity contribution in [1.82, 2.24) is 14.8 Å². The molecule has 2 amide bonds. The van der Waals surface area contributed by atoms with Gasteiger partial charge < -0.3 is 19.5 Å². The molecule has 0 spiro atoms. The lowest BCUT2D eigenvalue weighted by atomic mass is 10.1. The van der Waals surface area contributed by atoms with Crippen molar-refractivity contribution >= 4 is 17.8 Å². The van der Waals surface area contributed by atoms with Crippen LogP contribution in [0.1, 0.15) is 52.9 Å². The molecule has 0 aliphatic carbocycles. The van der Waals surface area contributed by atoms with E-state index in [1.165, 1.54) is 12.0 Å². The second-order valence-electron chi connectivity index (χ2n) is 6.05. The molecule has 0 saturated heterocycles. The molecule has 0 unspecified atom stereocenters. The van der Waals surface area contributed by atoms with Crippen LogP contribution in [0, 0.1) is 13.8 Å². The summed E-state index contributed by atoms with van der Waals surface area (Å²) in [4.78, 5) is 38.0. The van der Waals surface area contributed by atoms with Crippen molar-refractivity contribution in [2.24, 2.45) is 0 Å². The zero-order valence-electron chi connectivity index (χ0n) is 15.5. The first-order chi connectivity index (χ1) is 11.1. The van der Waals surface area contributed by atoms with Gasteiger partial charge in [-0.25, -0.2) is 9.59 Å². The molecule has 7 heteroatoms. The van der Waals surface area contributed by atoms with Gasteiger partial charge in [-0.1, -0.05) is 0 Å². The highest BCUT2D eigenvalue weighted by Gasteiger charge is 2.27. The molecule has 0 atom stereocenters. The van der Waals surface area contributed by atoms with Crippen molar-refractivity contribution < 1.29 is 19.1 Å². The van der Waals surface area contributed by atoms with Crippen molar-refractivity contribution in [3.8, 4) is 0 Å². The van der Waals surface area contributed by atoms with Crippen LogP contribution in [0.4, 0.5) is 4.79 Å². The Hall–Kier alpha value is -2.31. The predicted molar refractivity (Wildman–Crippen MR) is 91.5 cm³/mol. The number of Topliss-reactive ketones (excluding diaryl/α,β-unsaturated/α-hetero) is 1. The van der Waals surface area contributed by atoms with E-state index in [0.29, 0.717) is 29.1 Å². The van der Waals surface area contributed by atoms with E-state index in [-0.39, 0.29) is 24.4 Å². The van der Waals surface area contributed by atoms with Gasteiger partial charge in [0, 0.05) is 30.9 Å². The van der Waals surface area contributed by atoms with Crippen LogP contribution < -0.4 is 5.32 Å². The molecular weight excluding hydrogens is 310 g/mol. The number of rotatable bonds is 6. The molecular formula is C17H27N3O4. The van der Waals surface area contributed by atoms with Crippen LogP contribution in [0.15, 0.2) is 0 Å². The van der Waals surface area contributed by atoms with E-state index in [1.807, 2.05) is 20.8 Å². The van der Waals surface area contributed by atoms with Crippen molar-refractivity contribution in [2.45, 2.75) is 47.2 Å². The fourth-order valence-electron chi connectivity index (χ4n) is 2.78. The summed E-state index contributed by atoms with van der Waals surface area (Å²) in [6.45, 7) is 9.62. The van der Waals surface area contributed by atoms with Crippen LogP contribution >= 0.6 is 0 Å². The van der Waals surface area contributed by atoms with E-state index in [0.717, 1.165) is 0 Å². The van der Waals surface area contributed by atoms with Gasteiger partial charge in [0.15, 0.2) is 5.78 Å². The highest BCUT2D eigenvalue weighted by molar-refractivity contribution is 6.04. The predicted octanol–water partition coefficient (Wildman–Crippen LogP) is 2.14. The van der Waals surface area contributed by atoms with E-state index in [2.05, 4.69) is 5.32 Å². The number of methoxy groups -OCH3 is 1. The Morgan fingerprint density at radius 1 is 1.25 bits per heavy atom. The summed E-state index contributed by atoms with van der Waals surface area (Å²) in [6.07, 6.45) is 0. The van der Waals surface area contributed by atoms with Gasteiger partial charge in [-0.3, -0.25) is 4.79 Å². The normalized spacial score (nSPS) is 10.7. The molecule has 1 heterocycles. The highest BCUT2D eigenvalue weighted by atomic mass is 16.5. The largest absolute Gasteiger partial charge is 0.464 e. The molecule has 1 N–H and O–H groups in total. The zero-order valence-corrected chi connectivity index (χ0v) is 15.5. The number of amides is 2. The SMILES string of the molecule is CCn1c(C)c(C(=O)CN(C)C(=O)NC(C)C)c(C)c1C(=O)OC.